The Bertz CT molecular complexity index is 1180. The van der Waals surface area contributed by atoms with Gasteiger partial charge in [0.05, 0.1) is 5.56 Å². The number of nitrogens with zero attached hydrogens (tertiary/aromatic N) is 1. The number of esters is 2. The van der Waals surface area contributed by atoms with E-state index >= 15 is 0 Å². The van der Waals surface area contributed by atoms with Crippen molar-refractivity contribution in [2.45, 2.75) is 20.1 Å². The summed E-state index contributed by atoms with van der Waals surface area (Å²) in [4.78, 5) is 28.8. The minimum absolute atomic E-state index is 0.119. The Morgan fingerprint density at radius 1 is 0.882 bits per heavy atom. The van der Waals surface area contributed by atoms with Gasteiger partial charge >= 0.3 is 11.9 Å². The molecule has 34 heavy (non-hydrogen) atoms. The Labute approximate surface area is 198 Å². The summed E-state index contributed by atoms with van der Waals surface area (Å²) in [6.07, 6.45) is 4.59. The SMILES string of the molecule is C=N/C=C\C=C(/C)C(=O)Oc1cc(C(=O)OCc2ccccc2)ccc1OCc1ccccc1. The topological polar surface area (TPSA) is 74.2 Å². The lowest BCUT2D eigenvalue weighted by molar-refractivity contribution is -0.130. The third-order valence-corrected chi connectivity index (χ3v) is 4.69. The van der Waals surface area contributed by atoms with Crippen LogP contribution in [0.2, 0.25) is 0 Å². The van der Waals surface area contributed by atoms with E-state index in [1.54, 1.807) is 31.2 Å². The molecule has 0 aliphatic heterocycles. The standard InChI is InChI=1S/C28H25NO5/c1-21(10-9-17-29-2)27(30)34-26-18-24(28(31)33-20-23-13-7-4-8-14-23)15-16-25(26)32-19-22-11-5-3-6-12-22/h3-18H,2,19-20H2,1H3/b17-9-,21-10+. The van der Waals surface area contributed by atoms with E-state index in [4.69, 9.17) is 14.2 Å². The quantitative estimate of drug-likeness (QED) is 0.129. The minimum atomic E-state index is -0.590. The van der Waals surface area contributed by atoms with E-state index in [1.165, 1.54) is 12.3 Å². The largest absolute Gasteiger partial charge is 0.485 e. The summed E-state index contributed by atoms with van der Waals surface area (Å²) >= 11 is 0. The van der Waals surface area contributed by atoms with Gasteiger partial charge in [-0.25, -0.2) is 9.59 Å². The second-order valence-electron chi connectivity index (χ2n) is 7.26. The average Bonchev–Trinajstić information content (AvgIpc) is 2.87. The zero-order chi connectivity index (χ0) is 24.2. The van der Waals surface area contributed by atoms with E-state index in [0.717, 1.165) is 11.1 Å². The number of hydrogen-bond acceptors (Lipinski definition) is 6. The normalized spacial score (nSPS) is 11.1. The predicted molar refractivity (Wildman–Crippen MR) is 131 cm³/mol. The fraction of sp³-hybridized carbons (Fsp3) is 0.107. The van der Waals surface area contributed by atoms with Crippen molar-refractivity contribution in [2.75, 3.05) is 0 Å². The van der Waals surface area contributed by atoms with Crippen molar-refractivity contribution < 1.29 is 23.8 Å². The van der Waals surface area contributed by atoms with Crippen LogP contribution >= 0.6 is 0 Å². The Hall–Kier alpha value is -4.45. The minimum Gasteiger partial charge on any atom is -0.485 e. The lowest BCUT2D eigenvalue weighted by atomic mass is 10.2. The molecule has 0 bridgehead atoms. The zero-order valence-electron chi connectivity index (χ0n) is 18.8. The second kappa shape index (κ2) is 12.6. The molecule has 0 N–H and O–H groups in total. The molecule has 0 saturated heterocycles. The highest BCUT2D eigenvalue weighted by atomic mass is 16.6. The number of allylic oxidation sites excluding steroid dienone is 2. The van der Waals surface area contributed by atoms with Gasteiger partial charge in [0.2, 0.25) is 0 Å². The number of aliphatic imine (C=N–C) groups is 1. The lowest BCUT2D eigenvalue weighted by Crippen LogP contribution is -2.12. The van der Waals surface area contributed by atoms with Crippen molar-refractivity contribution in [3.63, 3.8) is 0 Å². The number of carbonyl (C=O) groups excluding carboxylic acids is 2. The molecule has 0 heterocycles. The van der Waals surface area contributed by atoms with Gasteiger partial charge in [-0.3, -0.25) is 4.99 Å². The first kappa shape index (κ1) is 24.2. The molecule has 6 heteroatoms. The average molecular weight is 456 g/mol. The van der Waals surface area contributed by atoms with Crippen LogP contribution in [0.15, 0.2) is 108 Å². The fourth-order valence-corrected chi connectivity index (χ4v) is 2.87. The van der Waals surface area contributed by atoms with Crippen LogP contribution in [-0.4, -0.2) is 18.7 Å². The van der Waals surface area contributed by atoms with Crippen LogP contribution in [0.1, 0.15) is 28.4 Å². The van der Waals surface area contributed by atoms with Crippen molar-refractivity contribution in [3.8, 4) is 11.5 Å². The molecule has 3 aromatic rings. The van der Waals surface area contributed by atoms with Gasteiger partial charge in [0.1, 0.15) is 13.2 Å². The van der Waals surface area contributed by atoms with E-state index < -0.39 is 11.9 Å². The first-order valence-corrected chi connectivity index (χ1v) is 10.6. The summed E-state index contributed by atoms with van der Waals surface area (Å²) in [7, 11) is 0. The summed E-state index contributed by atoms with van der Waals surface area (Å²) in [6, 6.07) is 23.6. The first-order valence-electron chi connectivity index (χ1n) is 10.6. The Morgan fingerprint density at radius 2 is 1.53 bits per heavy atom. The number of benzene rings is 3. The van der Waals surface area contributed by atoms with E-state index in [-0.39, 0.29) is 24.5 Å². The first-order chi connectivity index (χ1) is 16.6. The van der Waals surface area contributed by atoms with Gasteiger partial charge in [0, 0.05) is 11.8 Å². The molecule has 172 valence electrons. The maximum Gasteiger partial charge on any atom is 0.339 e. The van der Waals surface area contributed by atoms with E-state index in [2.05, 4.69) is 11.7 Å². The van der Waals surface area contributed by atoms with E-state index in [1.807, 2.05) is 60.7 Å². The Balaban J connectivity index is 1.79. The molecule has 0 saturated carbocycles. The van der Waals surface area contributed by atoms with E-state index in [9.17, 15) is 9.59 Å². The molecule has 0 unspecified atom stereocenters. The van der Waals surface area contributed by atoms with Gasteiger partial charge < -0.3 is 14.2 Å². The maximum atomic E-state index is 12.6. The number of ether oxygens (including phenoxy) is 3. The van der Waals surface area contributed by atoms with Crippen molar-refractivity contribution in [1.29, 1.82) is 0 Å². The van der Waals surface area contributed by atoms with Gasteiger partial charge in [-0.05, 0) is 49.0 Å². The van der Waals surface area contributed by atoms with Crippen LogP contribution in [0, 0.1) is 0 Å². The molecule has 3 rings (SSSR count). The molecule has 3 aromatic carbocycles. The van der Waals surface area contributed by atoms with Crippen molar-refractivity contribution in [3.05, 3.63) is 119 Å². The molecule has 0 spiro atoms. The van der Waals surface area contributed by atoms with Crippen LogP contribution in [0.25, 0.3) is 0 Å². The molecular weight excluding hydrogens is 430 g/mol. The predicted octanol–water partition coefficient (Wildman–Crippen LogP) is 5.69. The van der Waals surface area contributed by atoms with Gasteiger partial charge in [-0.15, -0.1) is 0 Å². The van der Waals surface area contributed by atoms with Crippen LogP contribution in [0.3, 0.4) is 0 Å². The Morgan fingerprint density at radius 3 is 2.18 bits per heavy atom. The van der Waals surface area contributed by atoms with Crippen LogP contribution in [0.4, 0.5) is 0 Å². The molecule has 0 fully saturated rings. The number of hydrogen-bond donors (Lipinski definition) is 0. The van der Waals surface area contributed by atoms with E-state index in [0.29, 0.717) is 11.3 Å². The molecule has 0 radical (unpaired) electrons. The van der Waals surface area contributed by atoms with Gasteiger partial charge in [-0.2, -0.15) is 0 Å². The summed E-state index contributed by atoms with van der Waals surface area (Å²) in [5.41, 5.74) is 2.39. The molecule has 0 aromatic heterocycles. The summed E-state index contributed by atoms with van der Waals surface area (Å²) in [5, 5.41) is 0. The highest BCUT2D eigenvalue weighted by Crippen LogP contribution is 2.30. The fourth-order valence-electron chi connectivity index (χ4n) is 2.87. The van der Waals surface area contributed by atoms with Crippen LogP contribution in [0.5, 0.6) is 11.5 Å². The third-order valence-electron chi connectivity index (χ3n) is 4.69. The molecule has 0 aliphatic carbocycles. The van der Waals surface area contributed by atoms with Crippen molar-refractivity contribution in [1.82, 2.24) is 0 Å². The third kappa shape index (κ3) is 7.31. The van der Waals surface area contributed by atoms with Crippen LogP contribution in [-0.2, 0) is 22.7 Å². The lowest BCUT2D eigenvalue weighted by Gasteiger charge is -2.13. The monoisotopic (exact) mass is 455 g/mol. The van der Waals surface area contributed by atoms with Crippen molar-refractivity contribution in [2.24, 2.45) is 4.99 Å². The summed E-state index contributed by atoms with van der Waals surface area (Å²) < 4.78 is 16.8. The molecule has 0 amide bonds. The van der Waals surface area contributed by atoms with Gasteiger partial charge in [-0.1, -0.05) is 66.7 Å². The smallest absolute Gasteiger partial charge is 0.339 e. The summed E-state index contributed by atoms with van der Waals surface area (Å²) in [5.74, 6) is -0.683. The van der Waals surface area contributed by atoms with Gasteiger partial charge in [0.15, 0.2) is 11.5 Å². The van der Waals surface area contributed by atoms with Crippen LogP contribution < -0.4 is 9.47 Å². The highest BCUT2D eigenvalue weighted by molar-refractivity contribution is 5.92. The zero-order valence-corrected chi connectivity index (χ0v) is 18.8. The van der Waals surface area contributed by atoms with Crippen molar-refractivity contribution >= 4 is 18.7 Å². The summed E-state index contributed by atoms with van der Waals surface area (Å²) in [6.45, 7) is 5.36. The van der Waals surface area contributed by atoms with Gasteiger partial charge in [0.25, 0.3) is 0 Å². The second-order valence-corrected chi connectivity index (χ2v) is 7.26. The number of rotatable bonds is 10. The molecular formula is C28H25NO5. The highest BCUT2D eigenvalue weighted by Gasteiger charge is 2.17. The maximum absolute atomic E-state index is 12.6. The number of carbonyl (C=O) groups is 2. The molecule has 6 nitrogen and oxygen atoms in total. The molecule has 0 atom stereocenters. The molecule has 0 aliphatic rings. The Kier molecular flexibility index (Phi) is 8.93.